The Morgan fingerprint density at radius 1 is 1.20 bits per heavy atom. The highest BCUT2D eigenvalue weighted by molar-refractivity contribution is 5.94. The maximum atomic E-state index is 12.3. The van der Waals surface area contributed by atoms with Crippen molar-refractivity contribution in [2.75, 3.05) is 19.7 Å². The molecule has 25 heavy (non-hydrogen) atoms. The first-order chi connectivity index (χ1) is 12.2. The van der Waals surface area contributed by atoms with E-state index < -0.39 is 0 Å². The van der Waals surface area contributed by atoms with Gasteiger partial charge in [-0.25, -0.2) is 0 Å². The van der Waals surface area contributed by atoms with Crippen LogP contribution in [0.2, 0.25) is 0 Å². The van der Waals surface area contributed by atoms with Crippen molar-refractivity contribution < 1.29 is 18.7 Å². The van der Waals surface area contributed by atoms with Gasteiger partial charge in [0.15, 0.2) is 5.76 Å². The minimum absolute atomic E-state index is 0.0692. The maximum absolute atomic E-state index is 12.3. The summed E-state index contributed by atoms with van der Waals surface area (Å²) in [5.41, 5.74) is 0.609. The second-order valence-corrected chi connectivity index (χ2v) is 5.97. The zero-order valence-electron chi connectivity index (χ0n) is 14.2. The first-order valence-electron chi connectivity index (χ1n) is 8.54. The number of nitrogens with zero attached hydrogens (tertiary/aromatic N) is 1. The molecule has 1 aromatic carbocycles. The molecule has 132 valence electrons. The van der Waals surface area contributed by atoms with E-state index in [4.69, 9.17) is 9.15 Å². The summed E-state index contributed by atoms with van der Waals surface area (Å²) in [5.74, 6) is 0.917. The van der Waals surface area contributed by atoms with E-state index in [1.807, 2.05) is 6.92 Å². The Kier molecular flexibility index (Phi) is 5.38. The van der Waals surface area contributed by atoms with Gasteiger partial charge >= 0.3 is 0 Å². The highest BCUT2D eigenvalue weighted by atomic mass is 16.5. The molecule has 3 rings (SSSR count). The van der Waals surface area contributed by atoms with Crippen LogP contribution in [0.15, 0.2) is 47.1 Å². The Labute approximate surface area is 146 Å². The van der Waals surface area contributed by atoms with E-state index in [0.717, 1.165) is 18.6 Å². The summed E-state index contributed by atoms with van der Waals surface area (Å²) in [6, 6.07) is 10.6. The van der Waals surface area contributed by atoms with Crippen LogP contribution in [0.3, 0.4) is 0 Å². The van der Waals surface area contributed by atoms with Gasteiger partial charge in [-0.1, -0.05) is 0 Å². The standard InChI is InChI=1S/C19H22N2O4/c1-2-24-16-7-5-14(6-8-16)18(22)20-15-9-11-21(12-10-15)19(23)17-4-3-13-25-17/h3-8,13,15H,2,9-12H2,1H3,(H,20,22). The van der Waals surface area contributed by atoms with Gasteiger partial charge < -0.3 is 19.4 Å². The van der Waals surface area contributed by atoms with E-state index in [9.17, 15) is 9.59 Å². The zero-order valence-corrected chi connectivity index (χ0v) is 14.2. The lowest BCUT2D eigenvalue weighted by molar-refractivity contribution is 0.0667. The fourth-order valence-electron chi connectivity index (χ4n) is 2.92. The summed E-state index contributed by atoms with van der Waals surface area (Å²) in [7, 11) is 0. The average Bonchev–Trinajstić information content (AvgIpc) is 3.17. The third-order valence-electron chi connectivity index (χ3n) is 4.28. The molecule has 1 aromatic heterocycles. The fourth-order valence-corrected chi connectivity index (χ4v) is 2.92. The average molecular weight is 342 g/mol. The Morgan fingerprint density at radius 3 is 2.52 bits per heavy atom. The van der Waals surface area contributed by atoms with Crippen LogP contribution in [0.5, 0.6) is 5.75 Å². The van der Waals surface area contributed by atoms with Gasteiger partial charge in [-0.15, -0.1) is 0 Å². The first-order valence-corrected chi connectivity index (χ1v) is 8.54. The van der Waals surface area contributed by atoms with Gasteiger partial charge in [-0.3, -0.25) is 9.59 Å². The van der Waals surface area contributed by atoms with E-state index >= 15 is 0 Å². The van der Waals surface area contributed by atoms with Crippen molar-refractivity contribution in [3.63, 3.8) is 0 Å². The van der Waals surface area contributed by atoms with Crippen molar-refractivity contribution >= 4 is 11.8 Å². The molecule has 2 heterocycles. The summed E-state index contributed by atoms with van der Waals surface area (Å²) < 4.78 is 10.5. The summed E-state index contributed by atoms with van der Waals surface area (Å²) in [4.78, 5) is 26.3. The summed E-state index contributed by atoms with van der Waals surface area (Å²) in [6.45, 7) is 3.73. The third-order valence-corrected chi connectivity index (χ3v) is 4.28. The topological polar surface area (TPSA) is 71.8 Å². The van der Waals surface area contributed by atoms with E-state index in [0.29, 0.717) is 31.0 Å². The summed E-state index contributed by atoms with van der Waals surface area (Å²) in [6.07, 6.45) is 2.96. The number of nitrogens with one attached hydrogen (secondary N) is 1. The predicted molar refractivity (Wildman–Crippen MR) is 92.7 cm³/mol. The molecule has 0 saturated carbocycles. The van der Waals surface area contributed by atoms with Crippen LogP contribution >= 0.6 is 0 Å². The molecule has 0 bridgehead atoms. The van der Waals surface area contributed by atoms with Crippen LogP contribution < -0.4 is 10.1 Å². The normalized spacial score (nSPS) is 15.0. The monoisotopic (exact) mass is 342 g/mol. The Morgan fingerprint density at radius 2 is 1.92 bits per heavy atom. The summed E-state index contributed by atoms with van der Waals surface area (Å²) >= 11 is 0. The second kappa shape index (κ2) is 7.88. The number of carbonyl (C=O) groups excluding carboxylic acids is 2. The van der Waals surface area contributed by atoms with Gasteiger partial charge in [0.05, 0.1) is 12.9 Å². The Bertz CT molecular complexity index is 702. The number of carbonyl (C=O) groups is 2. The Hall–Kier alpha value is -2.76. The van der Waals surface area contributed by atoms with Crippen molar-refractivity contribution in [2.24, 2.45) is 0 Å². The number of ether oxygens (including phenoxy) is 1. The predicted octanol–water partition coefficient (Wildman–Crippen LogP) is 2.71. The highest BCUT2D eigenvalue weighted by Crippen LogP contribution is 2.16. The smallest absolute Gasteiger partial charge is 0.289 e. The zero-order chi connectivity index (χ0) is 17.6. The summed E-state index contributed by atoms with van der Waals surface area (Å²) in [5, 5.41) is 3.04. The molecule has 1 N–H and O–H groups in total. The van der Waals surface area contributed by atoms with Crippen LogP contribution in [-0.4, -0.2) is 42.5 Å². The molecule has 1 fully saturated rings. The van der Waals surface area contributed by atoms with Crippen LogP contribution in [0.4, 0.5) is 0 Å². The number of hydrogen-bond acceptors (Lipinski definition) is 4. The number of rotatable bonds is 5. The van der Waals surface area contributed by atoms with Crippen molar-refractivity contribution in [1.82, 2.24) is 10.2 Å². The van der Waals surface area contributed by atoms with Crippen molar-refractivity contribution in [2.45, 2.75) is 25.8 Å². The molecule has 6 heteroatoms. The molecular formula is C19H22N2O4. The Balaban J connectivity index is 1.50. The van der Waals surface area contributed by atoms with Gasteiger partial charge in [0, 0.05) is 24.7 Å². The number of amides is 2. The molecule has 1 aliphatic heterocycles. The number of piperidine rings is 1. The quantitative estimate of drug-likeness (QED) is 0.907. The molecule has 0 radical (unpaired) electrons. The number of benzene rings is 1. The highest BCUT2D eigenvalue weighted by Gasteiger charge is 2.26. The molecule has 2 aromatic rings. The number of hydrogen-bond donors (Lipinski definition) is 1. The second-order valence-electron chi connectivity index (χ2n) is 5.97. The van der Waals surface area contributed by atoms with E-state index in [2.05, 4.69) is 5.32 Å². The largest absolute Gasteiger partial charge is 0.494 e. The van der Waals surface area contributed by atoms with Gasteiger partial charge in [0.25, 0.3) is 11.8 Å². The molecule has 1 aliphatic rings. The molecule has 2 amide bonds. The molecular weight excluding hydrogens is 320 g/mol. The van der Waals surface area contributed by atoms with Crippen LogP contribution in [0.25, 0.3) is 0 Å². The lowest BCUT2D eigenvalue weighted by Crippen LogP contribution is -2.46. The van der Waals surface area contributed by atoms with E-state index in [-0.39, 0.29) is 17.9 Å². The minimum Gasteiger partial charge on any atom is -0.494 e. The van der Waals surface area contributed by atoms with Crippen molar-refractivity contribution in [3.05, 3.63) is 54.0 Å². The molecule has 1 saturated heterocycles. The SMILES string of the molecule is CCOc1ccc(C(=O)NC2CCN(C(=O)c3ccco3)CC2)cc1. The van der Waals surface area contributed by atoms with Gasteiger partial charge in [-0.2, -0.15) is 0 Å². The molecule has 0 atom stereocenters. The van der Waals surface area contributed by atoms with Gasteiger partial charge in [-0.05, 0) is 56.2 Å². The number of likely N-dealkylation sites (tertiary alicyclic amines) is 1. The minimum atomic E-state index is -0.0983. The van der Waals surface area contributed by atoms with Crippen LogP contribution in [0, 0.1) is 0 Å². The van der Waals surface area contributed by atoms with Crippen molar-refractivity contribution in [3.8, 4) is 5.75 Å². The van der Waals surface area contributed by atoms with Crippen molar-refractivity contribution in [1.29, 1.82) is 0 Å². The molecule has 0 unspecified atom stereocenters. The van der Waals surface area contributed by atoms with Gasteiger partial charge in [0.1, 0.15) is 5.75 Å². The first kappa shape index (κ1) is 17.1. The molecule has 0 aliphatic carbocycles. The van der Waals surface area contributed by atoms with Crippen LogP contribution in [-0.2, 0) is 0 Å². The maximum Gasteiger partial charge on any atom is 0.289 e. The van der Waals surface area contributed by atoms with E-state index in [1.165, 1.54) is 6.26 Å². The van der Waals surface area contributed by atoms with E-state index in [1.54, 1.807) is 41.3 Å². The molecule has 0 spiro atoms. The lowest BCUT2D eigenvalue weighted by Gasteiger charge is -2.31. The van der Waals surface area contributed by atoms with Gasteiger partial charge in [0.2, 0.25) is 0 Å². The number of furan rings is 1. The third kappa shape index (κ3) is 4.21. The fraction of sp³-hybridized carbons (Fsp3) is 0.368. The van der Waals surface area contributed by atoms with Crippen LogP contribution in [0.1, 0.15) is 40.7 Å². The lowest BCUT2D eigenvalue weighted by atomic mass is 10.0. The molecule has 6 nitrogen and oxygen atoms in total.